The highest BCUT2D eigenvalue weighted by Gasteiger charge is 2.20. The predicted molar refractivity (Wildman–Crippen MR) is 86.3 cm³/mol. The number of hydrogen-bond acceptors (Lipinski definition) is 3. The zero-order chi connectivity index (χ0) is 15.1. The largest absolute Gasteiger partial charge is 0.355 e. The molecule has 1 unspecified atom stereocenters. The fourth-order valence-electron chi connectivity index (χ4n) is 2.82. The molecule has 0 saturated carbocycles. The number of likely N-dealkylation sites (tertiary alicyclic amines) is 1. The maximum atomic E-state index is 4.30. The molecule has 2 N–H and O–H groups in total. The van der Waals surface area contributed by atoms with Crippen molar-refractivity contribution in [3.63, 3.8) is 0 Å². The summed E-state index contributed by atoms with van der Waals surface area (Å²) in [5.41, 5.74) is 1.14. The third-order valence-electron chi connectivity index (χ3n) is 4.22. The highest BCUT2D eigenvalue weighted by atomic mass is 15.3. The maximum absolute atomic E-state index is 4.30. The molecule has 1 atom stereocenters. The first-order valence-corrected chi connectivity index (χ1v) is 7.90. The van der Waals surface area contributed by atoms with E-state index in [1.165, 1.54) is 32.4 Å². The van der Waals surface area contributed by atoms with Gasteiger partial charge in [-0.15, -0.1) is 0 Å². The summed E-state index contributed by atoms with van der Waals surface area (Å²) < 4.78 is 1.87. The van der Waals surface area contributed by atoms with Gasteiger partial charge in [0.15, 0.2) is 5.96 Å². The van der Waals surface area contributed by atoms with Crippen molar-refractivity contribution >= 4 is 5.96 Å². The van der Waals surface area contributed by atoms with Gasteiger partial charge in [0, 0.05) is 32.9 Å². The molecule has 1 fully saturated rings. The number of aliphatic imine (C=N–C) groups is 1. The van der Waals surface area contributed by atoms with Crippen molar-refractivity contribution in [1.29, 1.82) is 0 Å². The molecule has 0 amide bonds. The molecule has 2 heterocycles. The smallest absolute Gasteiger partial charge is 0.191 e. The van der Waals surface area contributed by atoms with Gasteiger partial charge in [-0.2, -0.15) is 5.10 Å². The molecule has 0 aromatic carbocycles. The van der Waals surface area contributed by atoms with Crippen molar-refractivity contribution in [2.45, 2.75) is 38.8 Å². The van der Waals surface area contributed by atoms with E-state index in [-0.39, 0.29) is 0 Å². The lowest BCUT2D eigenvalue weighted by Crippen LogP contribution is -2.46. The molecule has 0 aliphatic carbocycles. The Morgan fingerprint density at radius 3 is 2.71 bits per heavy atom. The van der Waals surface area contributed by atoms with Crippen LogP contribution in [0.15, 0.2) is 17.3 Å². The van der Waals surface area contributed by atoms with Crippen LogP contribution in [0.4, 0.5) is 0 Å². The van der Waals surface area contributed by atoms with Crippen LogP contribution in [-0.2, 0) is 13.6 Å². The van der Waals surface area contributed by atoms with Crippen LogP contribution in [0.25, 0.3) is 0 Å². The average Bonchev–Trinajstić information content (AvgIpc) is 3.15. The quantitative estimate of drug-likeness (QED) is 0.606. The van der Waals surface area contributed by atoms with Crippen LogP contribution in [0.2, 0.25) is 0 Å². The Balaban J connectivity index is 1.77. The van der Waals surface area contributed by atoms with Crippen molar-refractivity contribution in [3.05, 3.63) is 18.0 Å². The Hall–Kier alpha value is -1.56. The number of aromatic nitrogens is 2. The molecule has 6 heteroatoms. The van der Waals surface area contributed by atoms with Crippen LogP contribution in [0, 0.1) is 0 Å². The fraction of sp³-hybridized carbons (Fsp3) is 0.733. The fourth-order valence-corrected chi connectivity index (χ4v) is 2.82. The number of hydrogen-bond donors (Lipinski definition) is 2. The number of nitrogens with zero attached hydrogens (tertiary/aromatic N) is 4. The maximum Gasteiger partial charge on any atom is 0.191 e. The minimum absolute atomic E-state index is 0.600. The van der Waals surface area contributed by atoms with Crippen LogP contribution >= 0.6 is 0 Å². The molecule has 6 nitrogen and oxygen atoms in total. The molecule has 0 bridgehead atoms. The van der Waals surface area contributed by atoms with Crippen molar-refractivity contribution in [2.24, 2.45) is 12.0 Å². The first-order chi connectivity index (χ1) is 10.2. The molecule has 1 aromatic heterocycles. The first-order valence-electron chi connectivity index (χ1n) is 7.90. The number of guanidine groups is 1. The topological polar surface area (TPSA) is 57.5 Å². The molecule has 118 valence electrons. The highest BCUT2D eigenvalue weighted by Crippen LogP contribution is 2.13. The van der Waals surface area contributed by atoms with Gasteiger partial charge in [-0.3, -0.25) is 14.6 Å². The summed E-state index contributed by atoms with van der Waals surface area (Å²) in [7, 11) is 3.77. The molecule has 1 aliphatic rings. The van der Waals surface area contributed by atoms with Gasteiger partial charge in [-0.05, 0) is 38.4 Å². The third kappa shape index (κ3) is 4.46. The average molecular weight is 292 g/mol. The Morgan fingerprint density at radius 2 is 2.14 bits per heavy atom. The van der Waals surface area contributed by atoms with Gasteiger partial charge < -0.3 is 10.6 Å². The Bertz CT molecular complexity index is 447. The Morgan fingerprint density at radius 1 is 1.38 bits per heavy atom. The molecule has 1 aromatic rings. The predicted octanol–water partition coefficient (Wildman–Crippen LogP) is 0.960. The minimum Gasteiger partial charge on any atom is -0.355 e. The van der Waals surface area contributed by atoms with Crippen LogP contribution in [0.5, 0.6) is 0 Å². The Kier molecular flexibility index (Phi) is 6.04. The first kappa shape index (κ1) is 15.8. The van der Waals surface area contributed by atoms with Gasteiger partial charge >= 0.3 is 0 Å². The molecular formula is C15H28N6. The summed E-state index contributed by atoms with van der Waals surface area (Å²) >= 11 is 0. The molecule has 21 heavy (non-hydrogen) atoms. The molecular weight excluding hydrogens is 264 g/mol. The van der Waals surface area contributed by atoms with Gasteiger partial charge in [0.1, 0.15) is 0 Å². The summed E-state index contributed by atoms with van der Waals surface area (Å²) in [6.45, 7) is 6.41. The SMILES string of the molecule is CCC(CNC(=NC)NCc1ccnn1C)N1CCCC1. The van der Waals surface area contributed by atoms with Gasteiger partial charge in [0.2, 0.25) is 0 Å². The normalized spacial score (nSPS) is 18.0. The van der Waals surface area contributed by atoms with Gasteiger partial charge in [-0.25, -0.2) is 0 Å². The van der Waals surface area contributed by atoms with E-state index >= 15 is 0 Å². The van der Waals surface area contributed by atoms with Crippen LogP contribution in [0.3, 0.4) is 0 Å². The van der Waals surface area contributed by atoms with Crippen LogP contribution < -0.4 is 10.6 Å². The monoisotopic (exact) mass is 292 g/mol. The van der Waals surface area contributed by atoms with Crippen LogP contribution in [-0.4, -0.2) is 53.4 Å². The minimum atomic E-state index is 0.600. The van der Waals surface area contributed by atoms with Crippen molar-refractivity contribution in [2.75, 3.05) is 26.7 Å². The van der Waals surface area contributed by atoms with E-state index in [4.69, 9.17) is 0 Å². The molecule has 0 spiro atoms. The zero-order valence-electron chi connectivity index (χ0n) is 13.5. The van der Waals surface area contributed by atoms with E-state index in [9.17, 15) is 0 Å². The highest BCUT2D eigenvalue weighted by molar-refractivity contribution is 5.79. The van der Waals surface area contributed by atoms with Gasteiger partial charge in [0.25, 0.3) is 0 Å². The van der Waals surface area contributed by atoms with E-state index in [1.54, 1.807) is 0 Å². The number of nitrogens with one attached hydrogen (secondary N) is 2. The van der Waals surface area contributed by atoms with Crippen molar-refractivity contribution in [3.8, 4) is 0 Å². The van der Waals surface area contributed by atoms with E-state index in [1.807, 2.05) is 31.0 Å². The van der Waals surface area contributed by atoms with Crippen molar-refractivity contribution < 1.29 is 0 Å². The standard InChI is InChI=1S/C15H28N6/c1-4-13(21-9-5-6-10-21)11-17-15(16-2)18-12-14-7-8-19-20(14)3/h7-8,13H,4-6,9-12H2,1-3H3,(H2,16,17,18). The summed E-state index contributed by atoms with van der Waals surface area (Å²) in [5, 5.41) is 11.0. The lowest BCUT2D eigenvalue weighted by Gasteiger charge is -2.27. The van der Waals surface area contributed by atoms with E-state index in [0.717, 1.165) is 24.7 Å². The second-order valence-corrected chi connectivity index (χ2v) is 5.56. The summed E-state index contributed by atoms with van der Waals surface area (Å²) in [6, 6.07) is 2.61. The van der Waals surface area contributed by atoms with E-state index in [2.05, 4.69) is 32.5 Å². The summed E-state index contributed by atoms with van der Waals surface area (Å²) in [6.07, 6.45) is 5.66. The summed E-state index contributed by atoms with van der Waals surface area (Å²) in [4.78, 5) is 6.88. The second-order valence-electron chi connectivity index (χ2n) is 5.56. The zero-order valence-corrected chi connectivity index (χ0v) is 13.5. The van der Waals surface area contributed by atoms with Gasteiger partial charge in [-0.1, -0.05) is 6.92 Å². The van der Waals surface area contributed by atoms with E-state index in [0.29, 0.717) is 6.04 Å². The number of aryl methyl sites for hydroxylation is 1. The molecule has 2 rings (SSSR count). The molecule has 0 radical (unpaired) electrons. The number of rotatable bonds is 6. The Labute approximate surface area is 127 Å². The van der Waals surface area contributed by atoms with Gasteiger partial charge in [0.05, 0.1) is 12.2 Å². The van der Waals surface area contributed by atoms with E-state index < -0.39 is 0 Å². The molecule has 1 saturated heterocycles. The molecule has 1 aliphatic heterocycles. The lowest BCUT2D eigenvalue weighted by molar-refractivity contribution is 0.236. The van der Waals surface area contributed by atoms with Crippen LogP contribution in [0.1, 0.15) is 31.9 Å². The van der Waals surface area contributed by atoms with Crippen molar-refractivity contribution in [1.82, 2.24) is 25.3 Å². The lowest BCUT2D eigenvalue weighted by atomic mass is 10.2. The third-order valence-corrected chi connectivity index (χ3v) is 4.22. The summed E-state index contributed by atoms with van der Waals surface area (Å²) in [5.74, 6) is 0.855. The second kappa shape index (κ2) is 8.02.